The predicted molar refractivity (Wildman–Crippen MR) is 151 cm³/mol. The third-order valence-electron chi connectivity index (χ3n) is 7.84. The maximum absolute atomic E-state index is 15.0. The number of alkyl halides is 1. The van der Waals surface area contributed by atoms with E-state index in [0.717, 1.165) is 23.8 Å². The van der Waals surface area contributed by atoms with Gasteiger partial charge in [-0.05, 0) is 56.4 Å². The molecule has 219 valence electrons. The Balaban J connectivity index is 1.65. The Morgan fingerprint density at radius 1 is 1.20 bits per heavy atom. The van der Waals surface area contributed by atoms with Crippen LogP contribution in [0.3, 0.4) is 0 Å². The number of carbonyl (C=O) groups is 1. The van der Waals surface area contributed by atoms with Gasteiger partial charge in [0.1, 0.15) is 23.6 Å². The SMILES string of the molecule is [CH2][C@@H](C)NC(=O)N(C[C@@H]1CNC[C@@H]1F)[C@@H](c1nc(-c2cc(F)ccc2F)cn1Cc1ccccc1)C1CCOCC1. The van der Waals surface area contributed by atoms with Crippen molar-refractivity contribution in [3.05, 3.63) is 84.7 Å². The van der Waals surface area contributed by atoms with Crippen molar-refractivity contribution in [2.75, 3.05) is 32.8 Å². The van der Waals surface area contributed by atoms with E-state index >= 15 is 0 Å². The summed E-state index contributed by atoms with van der Waals surface area (Å²) in [5, 5.41) is 5.98. The van der Waals surface area contributed by atoms with E-state index in [-0.39, 0.29) is 42.3 Å². The molecule has 2 amide bonds. The zero-order valence-corrected chi connectivity index (χ0v) is 23.2. The van der Waals surface area contributed by atoms with Crippen molar-refractivity contribution >= 4 is 6.03 Å². The van der Waals surface area contributed by atoms with Gasteiger partial charge in [0.05, 0.1) is 11.7 Å². The Hall–Kier alpha value is -3.37. The largest absolute Gasteiger partial charge is 0.381 e. The van der Waals surface area contributed by atoms with Crippen LogP contribution in [0.4, 0.5) is 18.0 Å². The van der Waals surface area contributed by atoms with Crippen molar-refractivity contribution in [2.45, 2.75) is 44.6 Å². The second-order valence-corrected chi connectivity index (χ2v) is 11.1. The van der Waals surface area contributed by atoms with Gasteiger partial charge in [-0.2, -0.15) is 0 Å². The number of halogens is 3. The van der Waals surface area contributed by atoms with Crippen molar-refractivity contribution in [1.82, 2.24) is 25.1 Å². The fraction of sp³-hybridized carbons (Fsp3) is 0.452. The molecule has 0 aliphatic carbocycles. The Kier molecular flexibility index (Phi) is 9.29. The van der Waals surface area contributed by atoms with Gasteiger partial charge < -0.3 is 24.8 Å². The molecule has 41 heavy (non-hydrogen) atoms. The van der Waals surface area contributed by atoms with Crippen molar-refractivity contribution in [3.63, 3.8) is 0 Å². The first-order valence-electron chi connectivity index (χ1n) is 14.2. The molecular formula is C31H37F3N5O2. The Morgan fingerprint density at radius 3 is 2.63 bits per heavy atom. The summed E-state index contributed by atoms with van der Waals surface area (Å²) in [6, 6.07) is 11.7. The quantitative estimate of drug-likeness (QED) is 0.375. The Bertz CT molecular complexity index is 1310. The zero-order chi connectivity index (χ0) is 28.9. The van der Waals surface area contributed by atoms with Crippen molar-refractivity contribution in [2.24, 2.45) is 11.8 Å². The van der Waals surface area contributed by atoms with E-state index in [1.54, 1.807) is 18.0 Å². The molecule has 2 aliphatic rings. The summed E-state index contributed by atoms with van der Waals surface area (Å²) >= 11 is 0. The highest BCUT2D eigenvalue weighted by Crippen LogP contribution is 2.38. The highest BCUT2D eigenvalue weighted by atomic mass is 19.1. The summed E-state index contributed by atoms with van der Waals surface area (Å²) in [6.07, 6.45) is 1.94. The number of benzene rings is 2. The van der Waals surface area contributed by atoms with Crippen LogP contribution in [0, 0.1) is 30.4 Å². The summed E-state index contributed by atoms with van der Waals surface area (Å²) in [5.41, 5.74) is 1.28. The lowest BCUT2D eigenvalue weighted by molar-refractivity contribution is 0.0257. The molecule has 2 fully saturated rings. The zero-order valence-electron chi connectivity index (χ0n) is 23.2. The number of hydrogen-bond donors (Lipinski definition) is 2. The third-order valence-corrected chi connectivity index (χ3v) is 7.84. The van der Waals surface area contributed by atoms with Gasteiger partial charge in [-0.15, -0.1) is 0 Å². The van der Waals surface area contributed by atoms with Crippen LogP contribution in [0.2, 0.25) is 0 Å². The lowest BCUT2D eigenvalue weighted by Gasteiger charge is -2.40. The van der Waals surface area contributed by atoms with E-state index in [9.17, 15) is 18.0 Å². The number of rotatable bonds is 9. The van der Waals surface area contributed by atoms with Crippen molar-refractivity contribution < 1.29 is 22.7 Å². The topological polar surface area (TPSA) is 71.4 Å². The molecule has 7 nitrogen and oxygen atoms in total. The minimum Gasteiger partial charge on any atom is -0.381 e. The van der Waals surface area contributed by atoms with Gasteiger partial charge in [0.15, 0.2) is 0 Å². The standard InChI is InChI=1S/C31H37F3N5O2/c1-20(2)36-31(40)39(18-23-15-35-16-27(23)34)29(22-10-12-41-13-11-22)30-37-28(25-14-24(32)8-9-26(25)33)19-38(30)17-21-6-4-3-5-7-21/h3-9,14,19-20,22-23,27,29,35H,1,10-13,15-18H2,2H3,(H,36,40)/t20-,23-,27-,29+/m0/s1. The Morgan fingerprint density at radius 2 is 1.95 bits per heavy atom. The van der Waals surface area contributed by atoms with Crippen molar-refractivity contribution in [3.8, 4) is 11.3 Å². The summed E-state index contributed by atoms with van der Waals surface area (Å²) in [4.78, 5) is 20.4. The Labute approximate surface area is 239 Å². The van der Waals surface area contributed by atoms with Crippen LogP contribution in [0.15, 0.2) is 54.7 Å². The lowest BCUT2D eigenvalue weighted by Crippen LogP contribution is -2.50. The van der Waals surface area contributed by atoms with Crippen LogP contribution >= 0.6 is 0 Å². The van der Waals surface area contributed by atoms with Crippen LogP contribution in [-0.4, -0.2) is 65.5 Å². The molecular weight excluding hydrogens is 531 g/mol. The number of hydrogen-bond acceptors (Lipinski definition) is 4. The van der Waals surface area contributed by atoms with Gasteiger partial charge in [-0.25, -0.2) is 22.9 Å². The molecule has 2 N–H and O–H groups in total. The monoisotopic (exact) mass is 568 g/mol. The van der Waals surface area contributed by atoms with Gasteiger partial charge in [0, 0.05) is 63.1 Å². The van der Waals surface area contributed by atoms with E-state index in [1.807, 2.05) is 34.9 Å². The van der Waals surface area contributed by atoms with E-state index < -0.39 is 29.8 Å². The van der Waals surface area contributed by atoms with Crippen LogP contribution in [0.5, 0.6) is 0 Å². The second kappa shape index (κ2) is 13.1. The minimum atomic E-state index is -1.10. The molecule has 3 heterocycles. The number of amides is 2. The maximum atomic E-state index is 15.0. The molecule has 5 rings (SSSR count). The molecule has 3 aromatic rings. The average Bonchev–Trinajstić information content (AvgIpc) is 3.56. The minimum absolute atomic E-state index is 0.0370. The maximum Gasteiger partial charge on any atom is 0.318 e. The molecule has 0 bridgehead atoms. The van der Waals surface area contributed by atoms with Crippen LogP contribution in [0.25, 0.3) is 11.3 Å². The van der Waals surface area contributed by atoms with E-state index in [4.69, 9.17) is 9.72 Å². The van der Waals surface area contributed by atoms with Crippen LogP contribution < -0.4 is 10.6 Å². The molecule has 4 atom stereocenters. The molecule has 10 heteroatoms. The normalized spacial score (nSPS) is 20.3. The molecule has 0 spiro atoms. The first-order chi connectivity index (χ1) is 19.8. The molecule has 1 aromatic heterocycles. The number of carbonyl (C=O) groups excluding carboxylic acids is 1. The van der Waals surface area contributed by atoms with Gasteiger partial charge in [-0.3, -0.25) is 0 Å². The second-order valence-electron chi connectivity index (χ2n) is 11.1. The van der Waals surface area contributed by atoms with Gasteiger partial charge in [0.25, 0.3) is 0 Å². The van der Waals surface area contributed by atoms with Crippen LogP contribution in [0.1, 0.15) is 37.2 Å². The summed E-state index contributed by atoms with van der Waals surface area (Å²) in [5.74, 6) is -1.09. The molecule has 1 radical (unpaired) electrons. The molecule has 0 unspecified atom stereocenters. The number of imidazole rings is 1. The van der Waals surface area contributed by atoms with Gasteiger partial charge in [0.2, 0.25) is 0 Å². The van der Waals surface area contributed by atoms with Crippen molar-refractivity contribution in [1.29, 1.82) is 0 Å². The van der Waals surface area contributed by atoms with Crippen LogP contribution in [-0.2, 0) is 11.3 Å². The average molecular weight is 569 g/mol. The number of ether oxygens (including phenoxy) is 1. The highest BCUT2D eigenvalue weighted by Gasteiger charge is 2.40. The van der Waals surface area contributed by atoms with Gasteiger partial charge in [-0.1, -0.05) is 30.3 Å². The molecule has 2 aliphatic heterocycles. The molecule has 0 saturated carbocycles. The summed E-state index contributed by atoms with van der Waals surface area (Å²) in [7, 11) is 0. The highest BCUT2D eigenvalue weighted by molar-refractivity contribution is 5.75. The number of aromatic nitrogens is 2. The summed E-state index contributed by atoms with van der Waals surface area (Å²) in [6.45, 7) is 7.98. The fourth-order valence-corrected chi connectivity index (χ4v) is 5.78. The van der Waals surface area contributed by atoms with Gasteiger partial charge >= 0.3 is 6.03 Å². The molecule has 2 aromatic carbocycles. The number of nitrogens with zero attached hydrogens (tertiary/aromatic N) is 3. The number of nitrogens with one attached hydrogen (secondary N) is 2. The summed E-state index contributed by atoms with van der Waals surface area (Å²) < 4.78 is 51.7. The van der Waals surface area contributed by atoms with E-state index in [1.165, 1.54) is 0 Å². The first-order valence-corrected chi connectivity index (χ1v) is 14.2. The first kappa shape index (κ1) is 29.1. The smallest absolute Gasteiger partial charge is 0.318 e. The van der Waals surface area contributed by atoms with E-state index in [2.05, 4.69) is 17.6 Å². The molecule has 2 saturated heterocycles. The lowest BCUT2D eigenvalue weighted by atomic mass is 9.89. The fourth-order valence-electron chi connectivity index (χ4n) is 5.78. The third kappa shape index (κ3) is 6.93. The number of urea groups is 1. The predicted octanol–water partition coefficient (Wildman–Crippen LogP) is 5.14. The van der Waals surface area contributed by atoms with E-state index in [0.29, 0.717) is 45.0 Å².